The number of aliphatic hydroxyl groups is 1. The SMILES string of the molecule is OCC(Nc1ccc(Br)cc1)c1ncc(Cl)s1. The van der Waals surface area contributed by atoms with E-state index in [1.165, 1.54) is 11.3 Å². The first kappa shape index (κ1) is 12.8. The van der Waals surface area contributed by atoms with Crippen LogP contribution in [-0.2, 0) is 0 Å². The van der Waals surface area contributed by atoms with Crippen LogP contribution in [0.5, 0.6) is 0 Å². The van der Waals surface area contributed by atoms with Crippen LogP contribution in [0.2, 0.25) is 4.34 Å². The number of anilines is 1. The van der Waals surface area contributed by atoms with E-state index >= 15 is 0 Å². The minimum atomic E-state index is -0.228. The van der Waals surface area contributed by atoms with E-state index < -0.39 is 0 Å². The lowest BCUT2D eigenvalue weighted by atomic mass is 10.2. The molecule has 17 heavy (non-hydrogen) atoms. The van der Waals surface area contributed by atoms with Crippen LogP contribution in [0.3, 0.4) is 0 Å². The number of aromatic nitrogens is 1. The number of thiazole rings is 1. The monoisotopic (exact) mass is 332 g/mol. The van der Waals surface area contributed by atoms with Crippen molar-refractivity contribution in [2.24, 2.45) is 0 Å². The van der Waals surface area contributed by atoms with Crippen molar-refractivity contribution in [2.45, 2.75) is 6.04 Å². The summed E-state index contributed by atoms with van der Waals surface area (Å²) in [6, 6.07) is 7.51. The highest BCUT2D eigenvalue weighted by molar-refractivity contribution is 9.10. The molecule has 6 heteroatoms. The Kier molecular flexibility index (Phi) is 4.39. The summed E-state index contributed by atoms with van der Waals surface area (Å²) in [5.74, 6) is 0. The topological polar surface area (TPSA) is 45.1 Å². The van der Waals surface area contributed by atoms with E-state index in [9.17, 15) is 5.11 Å². The van der Waals surface area contributed by atoms with Crippen molar-refractivity contribution < 1.29 is 5.11 Å². The van der Waals surface area contributed by atoms with Gasteiger partial charge in [-0.2, -0.15) is 0 Å². The molecule has 0 fully saturated rings. The third-order valence-corrected chi connectivity index (χ3v) is 3.92. The molecule has 0 radical (unpaired) electrons. The van der Waals surface area contributed by atoms with E-state index in [4.69, 9.17) is 11.6 Å². The highest BCUT2D eigenvalue weighted by Crippen LogP contribution is 2.26. The quantitative estimate of drug-likeness (QED) is 0.896. The Morgan fingerprint density at radius 1 is 1.41 bits per heavy atom. The molecule has 0 saturated carbocycles. The number of aliphatic hydroxyl groups excluding tert-OH is 1. The average molecular weight is 334 g/mol. The summed E-state index contributed by atoms with van der Waals surface area (Å²) in [7, 11) is 0. The van der Waals surface area contributed by atoms with Crippen molar-refractivity contribution in [3.8, 4) is 0 Å². The Hall–Kier alpha value is -0.620. The minimum Gasteiger partial charge on any atom is -0.394 e. The summed E-state index contributed by atoms with van der Waals surface area (Å²) in [5, 5.41) is 13.3. The van der Waals surface area contributed by atoms with Gasteiger partial charge in [0.05, 0.1) is 12.8 Å². The molecular weight excluding hydrogens is 324 g/mol. The fourth-order valence-corrected chi connectivity index (χ4v) is 2.60. The van der Waals surface area contributed by atoms with Crippen molar-refractivity contribution in [1.29, 1.82) is 0 Å². The maximum atomic E-state index is 9.36. The van der Waals surface area contributed by atoms with Crippen LogP contribution in [0.4, 0.5) is 5.69 Å². The van der Waals surface area contributed by atoms with Gasteiger partial charge in [0.25, 0.3) is 0 Å². The van der Waals surface area contributed by atoms with Crippen LogP contribution in [0.25, 0.3) is 0 Å². The molecule has 0 amide bonds. The van der Waals surface area contributed by atoms with Crippen LogP contribution in [0.15, 0.2) is 34.9 Å². The Morgan fingerprint density at radius 3 is 2.65 bits per heavy atom. The van der Waals surface area contributed by atoms with E-state index in [0.717, 1.165) is 15.2 Å². The summed E-state index contributed by atoms with van der Waals surface area (Å²) in [4.78, 5) is 4.16. The molecule has 3 nitrogen and oxygen atoms in total. The van der Waals surface area contributed by atoms with E-state index in [-0.39, 0.29) is 12.6 Å². The van der Waals surface area contributed by atoms with Gasteiger partial charge in [-0.05, 0) is 24.3 Å². The van der Waals surface area contributed by atoms with Gasteiger partial charge in [-0.25, -0.2) is 4.98 Å². The van der Waals surface area contributed by atoms with Gasteiger partial charge >= 0.3 is 0 Å². The zero-order chi connectivity index (χ0) is 12.3. The van der Waals surface area contributed by atoms with E-state index in [1.54, 1.807) is 6.20 Å². The molecule has 0 aliphatic heterocycles. The molecule has 1 unspecified atom stereocenters. The highest BCUT2D eigenvalue weighted by atomic mass is 79.9. The van der Waals surface area contributed by atoms with Gasteiger partial charge in [-0.3, -0.25) is 0 Å². The molecule has 0 saturated heterocycles. The number of nitrogens with zero attached hydrogens (tertiary/aromatic N) is 1. The van der Waals surface area contributed by atoms with Crippen molar-refractivity contribution in [1.82, 2.24) is 4.98 Å². The summed E-state index contributed by atoms with van der Waals surface area (Å²) >= 11 is 10.6. The van der Waals surface area contributed by atoms with Gasteiger partial charge < -0.3 is 10.4 Å². The summed E-state index contributed by atoms with van der Waals surface area (Å²) in [6.45, 7) is -0.0279. The van der Waals surface area contributed by atoms with Crippen molar-refractivity contribution in [3.05, 3.63) is 44.3 Å². The van der Waals surface area contributed by atoms with Gasteiger partial charge in [0, 0.05) is 10.2 Å². The molecule has 0 spiro atoms. The molecule has 2 rings (SSSR count). The number of hydrogen-bond donors (Lipinski definition) is 2. The number of nitrogens with one attached hydrogen (secondary N) is 1. The first-order chi connectivity index (χ1) is 8.19. The molecule has 90 valence electrons. The van der Waals surface area contributed by atoms with Gasteiger partial charge in [0.1, 0.15) is 15.4 Å². The van der Waals surface area contributed by atoms with Gasteiger partial charge in [-0.15, -0.1) is 11.3 Å². The summed E-state index contributed by atoms with van der Waals surface area (Å²) in [5.41, 5.74) is 0.929. The first-order valence-corrected chi connectivity index (χ1v) is 6.92. The number of benzene rings is 1. The fourth-order valence-electron chi connectivity index (χ4n) is 1.36. The lowest BCUT2D eigenvalue weighted by molar-refractivity contribution is 0.276. The van der Waals surface area contributed by atoms with E-state index in [1.807, 2.05) is 24.3 Å². The smallest absolute Gasteiger partial charge is 0.119 e. The van der Waals surface area contributed by atoms with Crippen molar-refractivity contribution in [2.75, 3.05) is 11.9 Å². The molecule has 0 aliphatic rings. The second kappa shape index (κ2) is 5.82. The van der Waals surface area contributed by atoms with E-state index in [2.05, 4.69) is 26.2 Å². The number of hydrogen-bond acceptors (Lipinski definition) is 4. The lowest BCUT2D eigenvalue weighted by Gasteiger charge is -2.15. The molecule has 0 aliphatic carbocycles. The second-order valence-corrected chi connectivity index (χ2v) is 6.00. The molecule has 0 bridgehead atoms. The maximum absolute atomic E-state index is 9.36. The predicted octanol–water partition coefficient (Wildman–Crippen LogP) is 3.70. The standard InChI is InChI=1S/C11H10BrClN2OS/c12-7-1-3-8(4-2-7)15-9(6-16)11-14-5-10(13)17-11/h1-5,9,15-16H,6H2. The molecule has 1 aromatic heterocycles. The van der Waals surface area contributed by atoms with Gasteiger partial charge in [-0.1, -0.05) is 27.5 Å². The molecule has 1 atom stereocenters. The van der Waals surface area contributed by atoms with Gasteiger partial charge in [0.2, 0.25) is 0 Å². The fraction of sp³-hybridized carbons (Fsp3) is 0.182. The van der Waals surface area contributed by atoms with E-state index in [0.29, 0.717) is 4.34 Å². The Bertz CT molecular complexity index is 488. The Morgan fingerprint density at radius 2 is 2.12 bits per heavy atom. The molecular formula is C11H10BrClN2OS. The second-order valence-electron chi connectivity index (χ2n) is 3.39. The molecule has 1 aromatic carbocycles. The minimum absolute atomic E-state index is 0.0279. The van der Waals surface area contributed by atoms with Crippen molar-refractivity contribution in [3.63, 3.8) is 0 Å². The first-order valence-electron chi connectivity index (χ1n) is 4.93. The van der Waals surface area contributed by atoms with Crippen LogP contribution < -0.4 is 5.32 Å². The number of halogens is 2. The zero-order valence-electron chi connectivity index (χ0n) is 8.73. The lowest BCUT2D eigenvalue weighted by Crippen LogP contribution is -2.14. The molecule has 2 N–H and O–H groups in total. The predicted molar refractivity (Wildman–Crippen MR) is 74.7 cm³/mol. The van der Waals surface area contributed by atoms with Crippen LogP contribution in [0, 0.1) is 0 Å². The zero-order valence-corrected chi connectivity index (χ0v) is 11.9. The molecule has 1 heterocycles. The Labute approximate surface area is 117 Å². The van der Waals surface area contributed by atoms with Gasteiger partial charge in [0.15, 0.2) is 0 Å². The number of rotatable bonds is 4. The summed E-state index contributed by atoms with van der Waals surface area (Å²) in [6.07, 6.45) is 1.59. The van der Waals surface area contributed by atoms with Crippen LogP contribution in [0.1, 0.15) is 11.0 Å². The third kappa shape index (κ3) is 3.42. The normalized spacial score (nSPS) is 12.4. The van der Waals surface area contributed by atoms with Crippen LogP contribution in [-0.4, -0.2) is 16.7 Å². The average Bonchev–Trinajstić information content (AvgIpc) is 2.75. The molecule has 2 aromatic rings. The Balaban J connectivity index is 2.12. The van der Waals surface area contributed by atoms with Crippen molar-refractivity contribution >= 4 is 44.6 Å². The third-order valence-electron chi connectivity index (χ3n) is 2.16. The van der Waals surface area contributed by atoms with Crippen LogP contribution >= 0.6 is 38.9 Å². The summed E-state index contributed by atoms with van der Waals surface area (Å²) < 4.78 is 1.64. The highest BCUT2D eigenvalue weighted by Gasteiger charge is 2.14. The maximum Gasteiger partial charge on any atom is 0.119 e. The largest absolute Gasteiger partial charge is 0.394 e.